The molecular formula is C15H14N2O4. The summed E-state index contributed by atoms with van der Waals surface area (Å²) in [6, 6.07) is 8.48. The average molecular weight is 286 g/mol. The fourth-order valence-electron chi connectivity index (χ4n) is 2.46. The highest BCUT2D eigenvalue weighted by Crippen LogP contribution is 2.32. The number of benzene rings is 1. The largest absolute Gasteiger partial charge is 0.458 e. The Hall–Kier alpha value is -2.63. The van der Waals surface area contributed by atoms with Gasteiger partial charge < -0.3 is 9.73 Å². The van der Waals surface area contributed by atoms with Crippen molar-refractivity contribution in [2.24, 2.45) is 0 Å². The van der Waals surface area contributed by atoms with E-state index in [2.05, 4.69) is 5.32 Å². The second-order valence-corrected chi connectivity index (χ2v) is 5.30. The molecule has 1 atom stereocenters. The Morgan fingerprint density at radius 3 is 2.71 bits per heavy atom. The van der Waals surface area contributed by atoms with Gasteiger partial charge in [0.1, 0.15) is 17.1 Å². The molecule has 6 nitrogen and oxygen atoms in total. The van der Waals surface area contributed by atoms with Crippen LogP contribution in [0.15, 0.2) is 34.7 Å². The van der Waals surface area contributed by atoms with Gasteiger partial charge in [-0.15, -0.1) is 0 Å². The van der Waals surface area contributed by atoms with Gasteiger partial charge in [0.15, 0.2) is 5.54 Å². The number of carbonyl (C=O) groups excluding carboxylic acids is 3. The minimum absolute atomic E-state index is 0.236. The molecule has 2 heterocycles. The van der Waals surface area contributed by atoms with Crippen LogP contribution in [-0.4, -0.2) is 29.2 Å². The number of carbonyl (C=O) groups is 3. The molecule has 1 aliphatic rings. The number of nitrogens with one attached hydrogen (secondary N) is 1. The molecule has 3 amide bonds. The zero-order valence-corrected chi connectivity index (χ0v) is 11.7. The third kappa shape index (κ3) is 1.99. The van der Waals surface area contributed by atoms with Gasteiger partial charge >= 0.3 is 6.03 Å². The molecule has 0 aliphatic carbocycles. The first-order valence-corrected chi connectivity index (χ1v) is 6.54. The predicted octanol–water partition coefficient (Wildman–Crippen LogP) is 1.79. The maximum Gasteiger partial charge on any atom is 0.325 e. The molecule has 1 N–H and O–H groups in total. The van der Waals surface area contributed by atoms with E-state index in [1.165, 1.54) is 6.92 Å². The van der Waals surface area contributed by atoms with Gasteiger partial charge in [-0.25, -0.2) is 4.79 Å². The van der Waals surface area contributed by atoms with Crippen molar-refractivity contribution in [2.75, 3.05) is 6.54 Å². The van der Waals surface area contributed by atoms with E-state index in [4.69, 9.17) is 4.42 Å². The summed E-state index contributed by atoms with van der Waals surface area (Å²) in [5.41, 5.74) is -0.647. The van der Waals surface area contributed by atoms with Gasteiger partial charge in [0.2, 0.25) is 0 Å². The van der Waals surface area contributed by atoms with Crippen molar-refractivity contribution in [1.29, 1.82) is 0 Å². The lowest BCUT2D eigenvalue weighted by Gasteiger charge is -2.18. The summed E-state index contributed by atoms with van der Waals surface area (Å²) in [7, 11) is 0. The monoisotopic (exact) mass is 286 g/mol. The number of nitrogens with zero attached hydrogens (tertiary/aromatic N) is 1. The van der Waals surface area contributed by atoms with Crippen LogP contribution >= 0.6 is 0 Å². The number of hydrogen-bond acceptors (Lipinski definition) is 4. The zero-order chi connectivity index (χ0) is 15.2. The molecule has 0 radical (unpaired) electrons. The normalized spacial score (nSPS) is 21.9. The van der Waals surface area contributed by atoms with E-state index < -0.39 is 17.5 Å². The van der Waals surface area contributed by atoms with Crippen LogP contribution in [0.4, 0.5) is 4.79 Å². The van der Waals surface area contributed by atoms with E-state index in [1.807, 2.05) is 18.2 Å². The number of para-hydroxylation sites is 1. The van der Waals surface area contributed by atoms with E-state index in [0.29, 0.717) is 11.3 Å². The Morgan fingerprint density at radius 2 is 2.05 bits per heavy atom. The van der Waals surface area contributed by atoms with Crippen LogP contribution in [0.25, 0.3) is 11.0 Å². The molecule has 1 aromatic carbocycles. The van der Waals surface area contributed by atoms with Crippen molar-refractivity contribution in [3.05, 3.63) is 36.1 Å². The first-order valence-electron chi connectivity index (χ1n) is 6.54. The number of furan rings is 1. The standard InChI is InChI=1S/C15H14N2O4/c1-9(18)8-17-13(19)15(2,16-14(17)20)12-7-10-5-3-4-6-11(10)21-12/h3-7H,8H2,1-2H3,(H,16,20). The average Bonchev–Trinajstić information content (AvgIpc) is 2.95. The van der Waals surface area contributed by atoms with Crippen molar-refractivity contribution in [3.8, 4) is 0 Å². The van der Waals surface area contributed by atoms with Gasteiger partial charge in [-0.2, -0.15) is 0 Å². The lowest BCUT2D eigenvalue weighted by Crippen LogP contribution is -2.41. The van der Waals surface area contributed by atoms with Gasteiger partial charge in [0.25, 0.3) is 5.91 Å². The summed E-state index contributed by atoms with van der Waals surface area (Å²) in [4.78, 5) is 36.5. The fourth-order valence-corrected chi connectivity index (χ4v) is 2.46. The lowest BCUT2D eigenvalue weighted by atomic mass is 9.99. The summed E-state index contributed by atoms with van der Waals surface area (Å²) < 4.78 is 5.68. The van der Waals surface area contributed by atoms with Gasteiger partial charge in [-0.1, -0.05) is 18.2 Å². The van der Waals surface area contributed by atoms with Gasteiger partial charge in [0.05, 0.1) is 6.54 Å². The molecule has 1 aromatic heterocycles. The van der Waals surface area contributed by atoms with Crippen molar-refractivity contribution in [1.82, 2.24) is 10.2 Å². The van der Waals surface area contributed by atoms with Crippen molar-refractivity contribution >= 4 is 28.7 Å². The highest BCUT2D eigenvalue weighted by molar-refractivity contribution is 6.09. The number of ketones is 1. The molecular weight excluding hydrogens is 272 g/mol. The predicted molar refractivity (Wildman–Crippen MR) is 74.5 cm³/mol. The lowest BCUT2D eigenvalue weighted by molar-refractivity contribution is -0.134. The van der Waals surface area contributed by atoms with E-state index in [-0.39, 0.29) is 12.3 Å². The number of urea groups is 1. The first kappa shape index (κ1) is 13.4. The molecule has 0 saturated carbocycles. The Kier molecular flexibility index (Phi) is 2.83. The van der Waals surface area contributed by atoms with Crippen molar-refractivity contribution < 1.29 is 18.8 Å². The van der Waals surface area contributed by atoms with Crippen LogP contribution < -0.4 is 5.32 Å². The summed E-state index contributed by atoms with van der Waals surface area (Å²) in [5.74, 6) is -0.387. The van der Waals surface area contributed by atoms with E-state index >= 15 is 0 Å². The first-order chi connectivity index (χ1) is 9.91. The van der Waals surface area contributed by atoms with Gasteiger partial charge in [0, 0.05) is 5.39 Å². The second-order valence-electron chi connectivity index (χ2n) is 5.30. The molecule has 6 heteroatoms. The molecule has 1 fully saturated rings. The van der Waals surface area contributed by atoms with Crippen LogP contribution in [0.3, 0.4) is 0 Å². The number of amides is 3. The Labute approximate surface area is 120 Å². The summed E-state index contributed by atoms with van der Waals surface area (Å²) >= 11 is 0. The highest BCUT2D eigenvalue weighted by atomic mass is 16.3. The van der Waals surface area contributed by atoms with E-state index in [1.54, 1.807) is 19.1 Å². The number of rotatable bonds is 3. The number of fused-ring (bicyclic) bond motifs is 1. The quantitative estimate of drug-likeness (QED) is 0.872. The molecule has 0 bridgehead atoms. The van der Waals surface area contributed by atoms with Crippen molar-refractivity contribution in [3.63, 3.8) is 0 Å². The van der Waals surface area contributed by atoms with Crippen LogP contribution in [0.5, 0.6) is 0 Å². The Bertz CT molecular complexity index is 731. The third-order valence-electron chi connectivity index (χ3n) is 3.57. The fraction of sp³-hybridized carbons (Fsp3) is 0.267. The minimum atomic E-state index is -1.29. The van der Waals surface area contributed by atoms with Crippen LogP contribution in [0, 0.1) is 0 Å². The summed E-state index contributed by atoms with van der Waals surface area (Å²) in [6.07, 6.45) is 0. The van der Waals surface area contributed by atoms with E-state index in [0.717, 1.165) is 10.3 Å². The molecule has 1 unspecified atom stereocenters. The molecule has 1 saturated heterocycles. The maximum absolute atomic E-state index is 12.5. The van der Waals surface area contributed by atoms with Crippen LogP contribution in [0.1, 0.15) is 19.6 Å². The number of hydrogen-bond donors (Lipinski definition) is 1. The molecule has 2 aromatic rings. The third-order valence-corrected chi connectivity index (χ3v) is 3.57. The van der Waals surface area contributed by atoms with Gasteiger partial charge in [-0.05, 0) is 26.0 Å². The highest BCUT2D eigenvalue weighted by Gasteiger charge is 2.51. The molecule has 3 rings (SSSR count). The van der Waals surface area contributed by atoms with Gasteiger partial charge in [-0.3, -0.25) is 14.5 Å². The number of imide groups is 1. The van der Waals surface area contributed by atoms with Crippen molar-refractivity contribution in [2.45, 2.75) is 19.4 Å². The zero-order valence-electron chi connectivity index (χ0n) is 11.7. The molecule has 0 spiro atoms. The minimum Gasteiger partial charge on any atom is -0.458 e. The van der Waals surface area contributed by atoms with E-state index in [9.17, 15) is 14.4 Å². The maximum atomic E-state index is 12.5. The Morgan fingerprint density at radius 1 is 1.33 bits per heavy atom. The second kappa shape index (κ2) is 4.44. The Balaban J connectivity index is 2.02. The molecule has 1 aliphatic heterocycles. The number of Topliss-reactive ketones (excluding diaryl/α,β-unsaturated/α-hetero) is 1. The molecule has 21 heavy (non-hydrogen) atoms. The van der Waals surface area contributed by atoms with Crippen LogP contribution in [-0.2, 0) is 15.1 Å². The molecule has 108 valence electrons. The topological polar surface area (TPSA) is 79.6 Å². The summed E-state index contributed by atoms with van der Waals surface area (Å²) in [6.45, 7) is 2.67. The van der Waals surface area contributed by atoms with Crippen LogP contribution in [0.2, 0.25) is 0 Å². The SMILES string of the molecule is CC(=O)CN1C(=O)NC(C)(c2cc3ccccc3o2)C1=O. The smallest absolute Gasteiger partial charge is 0.325 e. The summed E-state index contributed by atoms with van der Waals surface area (Å²) in [5, 5.41) is 3.45.